The van der Waals surface area contributed by atoms with Crippen molar-refractivity contribution in [2.75, 3.05) is 18.1 Å². The van der Waals surface area contributed by atoms with Crippen molar-refractivity contribution in [2.24, 2.45) is 17.8 Å². The number of hydrogen-bond acceptors (Lipinski definition) is 2. The number of nitrogens with one attached hydrogen (secondary N) is 1. The molecule has 0 radical (unpaired) electrons. The van der Waals surface area contributed by atoms with E-state index in [4.69, 9.17) is 0 Å². The molecule has 2 heteroatoms. The second-order valence-electron chi connectivity index (χ2n) is 5.16. The van der Waals surface area contributed by atoms with E-state index in [9.17, 15) is 0 Å². The van der Waals surface area contributed by atoms with E-state index in [2.05, 4.69) is 30.9 Å². The van der Waals surface area contributed by atoms with E-state index in [0.29, 0.717) is 0 Å². The maximum Gasteiger partial charge on any atom is 0.00954 e. The Morgan fingerprint density at radius 2 is 2.07 bits per heavy atom. The predicted molar refractivity (Wildman–Crippen MR) is 64.8 cm³/mol. The fourth-order valence-corrected chi connectivity index (χ4v) is 4.00. The van der Waals surface area contributed by atoms with Crippen LogP contribution in [0.2, 0.25) is 0 Å². The van der Waals surface area contributed by atoms with E-state index in [1.54, 1.807) is 0 Å². The molecule has 2 rings (SSSR count). The zero-order valence-corrected chi connectivity index (χ0v) is 10.3. The second kappa shape index (κ2) is 4.89. The van der Waals surface area contributed by atoms with E-state index in [-0.39, 0.29) is 0 Å². The lowest BCUT2D eigenvalue weighted by Crippen LogP contribution is -2.36. The third-order valence-electron chi connectivity index (χ3n) is 4.16. The predicted octanol–water partition coefficient (Wildman–Crippen LogP) is 2.76. The molecule has 0 aromatic rings. The van der Waals surface area contributed by atoms with Gasteiger partial charge in [-0.25, -0.2) is 0 Å². The molecule has 1 saturated carbocycles. The lowest BCUT2D eigenvalue weighted by molar-refractivity contribution is 0.354. The first-order valence-corrected chi connectivity index (χ1v) is 7.24. The van der Waals surface area contributed by atoms with Crippen molar-refractivity contribution in [3.8, 4) is 0 Å². The van der Waals surface area contributed by atoms with Crippen LogP contribution in [0.3, 0.4) is 0 Å². The molecule has 1 saturated heterocycles. The fourth-order valence-electron chi connectivity index (χ4n) is 2.72. The SMILES string of the molecule is CC1CCC(NCC2CCSC2)C1C. The molecule has 1 heterocycles. The van der Waals surface area contributed by atoms with Crippen LogP contribution < -0.4 is 5.32 Å². The molecule has 1 aliphatic carbocycles. The first kappa shape index (κ1) is 10.8. The number of thioether (sulfide) groups is 1. The van der Waals surface area contributed by atoms with Crippen molar-refractivity contribution in [3.63, 3.8) is 0 Å². The van der Waals surface area contributed by atoms with Crippen LogP contribution in [-0.4, -0.2) is 24.1 Å². The van der Waals surface area contributed by atoms with E-state index >= 15 is 0 Å². The third-order valence-corrected chi connectivity index (χ3v) is 5.39. The van der Waals surface area contributed by atoms with E-state index in [1.807, 2.05) is 0 Å². The van der Waals surface area contributed by atoms with Crippen molar-refractivity contribution in [1.29, 1.82) is 0 Å². The van der Waals surface area contributed by atoms with Crippen LogP contribution >= 0.6 is 11.8 Å². The summed E-state index contributed by atoms with van der Waals surface area (Å²) in [5.74, 6) is 5.57. The van der Waals surface area contributed by atoms with Gasteiger partial charge in [0.2, 0.25) is 0 Å². The molecule has 0 aromatic carbocycles. The highest BCUT2D eigenvalue weighted by atomic mass is 32.2. The number of rotatable bonds is 3. The quantitative estimate of drug-likeness (QED) is 0.773. The van der Waals surface area contributed by atoms with Gasteiger partial charge in [0, 0.05) is 6.04 Å². The molecule has 1 N–H and O–H groups in total. The minimum absolute atomic E-state index is 0.815. The Kier molecular flexibility index (Phi) is 3.78. The Labute approximate surface area is 92.4 Å². The van der Waals surface area contributed by atoms with Gasteiger partial charge in [-0.3, -0.25) is 0 Å². The van der Waals surface area contributed by atoms with Crippen LogP contribution in [0.25, 0.3) is 0 Å². The van der Waals surface area contributed by atoms with Crippen LogP contribution in [0.15, 0.2) is 0 Å². The summed E-state index contributed by atoms with van der Waals surface area (Å²) in [5, 5.41) is 3.79. The largest absolute Gasteiger partial charge is 0.313 e. The first-order chi connectivity index (χ1) is 6.77. The van der Waals surface area contributed by atoms with Gasteiger partial charge in [0.15, 0.2) is 0 Å². The summed E-state index contributed by atoms with van der Waals surface area (Å²) in [4.78, 5) is 0. The monoisotopic (exact) mass is 213 g/mol. The molecule has 2 aliphatic rings. The maximum atomic E-state index is 3.79. The highest BCUT2D eigenvalue weighted by Crippen LogP contribution is 2.31. The van der Waals surface area contributed by atoms with Gasteiger partial charge in [-0.15, -0.1) is 0 Å². The van der Waals surface area contributed by atoms with Gasteiger partial charge in [0.25, 0.3) is 0 Å². The zero-order valence-electron chi connectivity index (χ0n) is 9.46. The minimum atomic E-state index is 0.815. The average Bonchev–Trinajstić information content (AvgIpc) is 2.77. The van der Waals surface area contributed by atoms with Crippen molar-refractivity contribution in [2.45, 2.75) is 39.2 Å². The van der Waals surface area contributed by atoms with Crippen molar-refractivity contribution in [3.05, 3.63) is 0 Å². The van der Waals surface area contributed by atoms with E-state index in [1.165, 1.54) is 37.3 Å². The van der Waals surface area contributed by atoms with Gasteiger partial charge in [0.1, 0.15) is 0 Å². The Bertz CT molecular complexity index is 177. The van der Waals surface area contributed by atoms with Crippen molar-refractivity contribution < 1.29 is 0 Å². The van der Waals surface area contributed by atoms with Gasteiger partial charge in [-0.05, 0) is 55.1 Å². The molecule has 0 aromatic heterocycles. The Morgan fingerprint density at radius 3 is 2.64 bits per heavy atom. The van der Waals surface area contributed by atoms with Gasteiger partial charge in [0.05, 0.1) is 0 Å². The van der Waals surface area contributed by atoms with Gasteiger partial charge in [-0.1, -0.05) is 13.8 Å². The van der Waals surface area contributed by atoms with Crippen LogP contribution in [0.1, 0.15) is 33.1 Å². The first-order valence-electron chi connectivity index (χ1n) is 6.08. The van der Waals surface area contributed by atoms with Gasteiger partial charge < -0.3 is 5.32 Å². The summed E-state index contributed by atoms with van der Waals surface area (Å²) in [6, 6.07) is 0.815. The summed E-state index contributed by atoms with van der Waals surface area (Å²) in [7, 11) is 0. The molecule has 2 fully saturated rings. The van der Waals surface area contributed by atoms with Crippen LogP contribution in [-0.2, 0) is 0 Å². The molecule has 0 bridgehead atoms. The molecule has 1 nitrogen and oxygen atoms in total. The Balaban J connectivity index is 1.70. The van der Waals surface area contributed by atoms with Gasteiger partial charge >= 0.3 is 0 Å². The standard InChI is InChI=1S/C12H23NS/c1-9-3-4-12(10(9)2)13-7-11-5-6-14-8-11/h9-13H,3-8H2,1-2H3. The molecule has 4 unspecified atom stereocenters. The van der Waals surface area contributed by atoms with Gasteiger partial charge in [-0.2, -0.15) is 11.8 Å². The lowest BCUT2D eigenvalue weighted by atomic mass is 9.97. The Morgan fingerprint density at radius 1 is 1.21 bits per heavy atom. The molecular formula is C12H23NS. The number of hydrogen-bond donors (Lipinski definition) is 1. The second-order valence-corrected chi connectivity index (χ2v) is 6.31. The lowest BCUT2D eigenvalue weighted by Gasteiger charge is -2.21. The summed E-state index contributed by atoms with van der Waals surface area (Å²) >= 11 is 2.13. The van der Waals surface area contributed by atoms with Crippen LogP contribution in [0.5, 0.6) is 0 Å². The normalized spacial score (nSPS) is 43.3. The molecular weight excluding hydrogens is 190 g/mol. The smallest absolute Gasteiger partial charge is 0.00954 e. The van der Waals surface area contributed by atoms with E-state index < -0.39 is 0 Å². The zero-order chi connectivity index (χ0) is 9.97. The summed E-state index contributed by atoms with van der Waals surface area (Å²) in [6.45, 7) is 6.09. The fraction of sp³-hybridized carbons (Fsp3) is 1.00. The third kappa shape index (κ3) is 2.46. The van der Waals surface area contributed by atoms with Crippen LogP contribution in [0, 0.1) is 17.8 Å². The maximum absolute atomic E-state index is 3.79. The molecule has 1 aliphatic heterocycles. The van der Waals surface area contributed by atoms with Crippen LogP contribution in [0.4, 0.5) is 0 Å². The topological polar surface area (TPSA) is 12.0 Å². The molecule has 0 spiro atoms. The highest BCUT2D eigenvalue weighted by molar-refractivity contribution is 7.99. The molecule has 82 valence electrons. The van der Waals surface area contributed by atoms with Crippen molar-refractivity contribution >= 4 is 11.8 Å². The summed E-state index contributed by atoms with van der Waals surface area (Å²) in [5.41, 5.74) is 0. The van der Waals surface area contributed by atoms with Crippen molar-refractivity contribution in [1.82, 2.24) is 5.32 Å². The summed E-state index contributed by atoms with van der Waals surface area (Å²) in [6.07, 6.45) is 4.27. The minimum Gasteiger partial charge on any atom is -0.313 e. The molecule has 14 heavy (non-hydrogen) atoms. The van der Waals surface area contributed by atoms with E-state index in [0.717, 1.165) is 23.8 Å². The average molecular weight is 213 g/mol. The molecule has 4 atom stereocenters. The highest BCUT2D eigenvalue weighted by Gasteiger charge is 2.29. The molecule has 0 amide bonds. The Hall–Kier alpha value is 0.310. The summed E-state index contributed by atoms with van der Waals surface area (Å²) < 4.78 is 0.